The van der Waals surface area contributed by atoms with Gasteiger partial charge in [-0.05, 0) is 18.1 Å². The van der Waals surface area contributed by atoms with Crippen LogP contribution in [0.15, 0.2) is 0 Å². The Morgan fingerprint density at radius 3 is 2.74 bits per heavy atom. The van der Waals surface area contributed by atoms with Gasteiger partial charge < -0.3 is 10.1 Å². The average Bonchev–Trinajstić information content (AvgIpc) is 3.22. The second-order valence-corrected chi connectivity index (χ2v) is 7.42. The van der Waals surface area contributed by atoms with Crippen LogP contribution in [0.2, 0.25) is 0 Å². The van der Waals surface area contributed by atoms with E-state index < -0.39 is 6.17 Å². The van der Waals surface area contributed by atoms with Crippen LogP contribution in [0.5, 0.6) is 0 Å². The molecule has 4 N–H and O–H groups in total. The summed E-state index contributed by atoms with van der Waals surface area (Å²) in [7, 11) is 1.72. The number of nitrogens with zero attached hydrogens (tertiary/aromatic N) is 3. The maximum atomic E-state index is 12.5. The first kappa shape index (κ1) is 19.4. The first-order valence-electron chi connectivity index (χ1n) is 9.92. The molecule has 3 aliphatic heterocycles. The summed E-state index contributed by atoms with van der Waals surface area (Å²) < 4.78 is 5.34. The maximum absolute atomic E-state index is 12.5. The second-order valence-electron chi connectivity index (χ2n) is 7.42. The zero-order valence-corrected chi connectivity index (χ0v) is 15.9. The standard InChI is InChI=1S/C16H31N7O4/c1-21-26-16-14(23(27-21)12-4-2-3-5-12)20-19-13(18-16)15(24)17-6-7-22-8-10-25-11-9-22/h12-14,16,18-20H,2-11H2,1H3,(H,17,24). The molecule has 4 aliphatic rings. The number of hydrazine groups is 1. The summed E-state index contributed by atoms with van der Waals surface area (Å²) in [6.45, 7) is 4.78. The van der Waals surface area contributed by atoms with Crippen LogP contribution in [0, 0.1) is 0 Å². The van der Waals surface area contributed by atoms with Crippen LogP contribution in [-0.4, -0.2) is 92.1 Å². The summed E-state index contributed by atoms with van der Waals surface area (Å²) in [4.78, 5) is 26.3. The molecular weight excluding hydrogens is 354 g/mol. The third-order valence-corrected chi connectivity index (χ3v) is 5.52. The highest BCUT2D eigenvalue weighted by Gasteiger charge is 2.45. The lowest BCUT2D eigenvalue weighted by Crippen LogP contribution is -2.78. The van der Waals surface area contributed by atoms with Crippen LogP contribution in [0.1, 0.15) is 25.7 Å². The Kier molecular flexibility index (Phi) is 6.53. The van der Waals surface area contributed by atoms with Crippen molar-refractivity contribution in [1.29, 1.82) is 0 Å². The highest BCUT2D eigenvalue weighted by Crippen LogP contribution is 2.29. The summed E-state index contributed by atoms with van der Waals surface area (Å²) in [5.41, 5.74) is 6.24. The van der Waals surface area contributed by atoms with Crippen molar-refractivity contribution in [2.75, 3.05) is 46.4 Å². The van der Waals surface area contributed by atoms with E-state index in [1.165, 1.54) is 18.1 Å². The third-order valence-electron chi connectivity index (χ3n) is 5.52. The lowest BCUT2D eigenvalue weighted by atomic mass is 10.2. The van der Waals surface area contributed by atoms with Gasteiger partial charge in [0.15, 0.2) is 12.4 Å². The predicted octanol–water partition coefficient (Wildman–Crippen LogP) is -1.92. The van der Waals surface area contributed by atoms with E-state index in [0.29, 0.717) is 12.6 Å². The molecule has 3 saturated heterocycles. The van der Waals surface area contributed by atoms with Gasteiger partial charge >= 0.3 is 0 Å². The first-order valence-corrected chi connectivity index (χ1v) is 9.92. The van der Waals surface area contributed by atoms with Crippen molar-refractivity contribution in [2.24, 2.45) is 0 Å². The fraction of sp³-hybridized carbons (Fsp3) is 0.938. The molecule has 0 spiro atoms. The Balaban J connectivity index is 1.26. The van der Waals surface area contributed by atoms with Crippen molar-refractivity contribution in [2.45, 2.75) is 50.3 Å². The summed E-state index contributed by atoms with van der Waals surface area (Å²) >= 11 is 0. The van der Waals surface area contributed by atoms with Gasteiger partial charge in [0.05, 0.1) is 13.2 Å². The van der Waals surface area contributed by atoms with Crippen LogP contribution in [-0.2, 0) is 19.3 Å². The molecule has 1 aliphatic carbocycles. The van der Waals surface area contributed by atoms with Crippen molar-refractivity contribution < 1.29 is 19.3 Å². The number of carbonyl (C=O) groups excluding carboxylic acids is 1. The molecule has 4 fully saturated rings. The highest BCUT2D eigenvalue weighted by molar-refractivity contribution is 5.81. The first-order chi connectivity index (χ1) is 13.2. The predicted molar refractivity (Wildman–Crippen MR) is 95.1 cm³/mol. The van der Waals surface area contributed by atoms with Crippen LogP contribution in [0.3, 0.4) is 0 Å². The molecule has 0 radical (unpaired) electrons. The summed E-state index contributed by atoms with van der Waals surface area (Å²) in [5, 5.41) is 9.49. The Labute approximate surface area is 159 Å². The van der Waals surface area contributed by atoms with E-state index in [1.54, 1.807) is 7.05 Å². The highest BCUT2D eigenvalue weighted by atomic mass is 17.0. The van der Waals surface area contributed by atoms with Crippen molar-refractivity contribution in [3.05, 3.63) is 0 Å². The summed E-state index contributed by atoms with van der Waals surface area (Å²) in [6.07, 6.45) is 3.45. The van der Waals surface area contributed by atoms with Crippen molar-refractivity contribution in [3.8, 4) is 0 Å². The summed E-state index contributed by atoms with van der Waals surface area (Å²) in [6, 6.07) is 0.346. The molecule has 4 rings (SSSR count). The Hall–Kier alpha value is -0.890. The van der Waals surface area contributed by atoms with Gasteiger partial charge in [-0.25, -0.2) is 10.9 Å². The third kappa shape index (κ3) is 4.75. The molecule has 11 nitrogen and oxygen atoms in total. The van der Waals surface area contributed by atoms with Gasteiger partial charge in [-0.3, -0.25) is 19.8 Å². The molecule has 1 saturated carbocycles. The number of hydrogen-bond donors (Lipinski definition) is 4. The molecular formula is C16H31N7O4. The molecule has 0 aromatic rings. The van der Waals surface area contributed by atoms with Gasteiger partial charge in [-0.15, -0.1) is 5.06 Å². The van der Waals surface area contributed by atoms with Crippen LogP contribution in [0.25, 0.3) is 0 Å². The Morgan fingerprint density at radius 2 is 1.96 bits per heavy atom. The number of hydroxylamine groups is 4. The van der Waals surface area contributed by atoms with Crippen LogP contribution >= 0.6 is 0 Å². The SMILES string of the molecule is CN1OC2NC(C(=O)NCCN3CCOCC3)NNC2N(C2CCCC2)O1. The largest absolute Gasteiger partial charge is 0.379 e. The number of fused-ring (bicyclic) bond motifs is 1. The van der Waals surface area contributed by atoms with E-state index >= 15 is 0 Å². The fourth-order valence-corrected chi connectivity index (χ4v) is 4.05. The number of amides is 1. The average molecular weight is 385 g/mol. The maximum Gasteiger partial charge on any atom is 0.253 e. The van der Waals surface area contributed by atoms with Crippen molar-refractivity contribution in [1.82, 2.24) is 36.7 Å². The molecule has 11 heteroatoms. The molecule has 3 unspecified atom stereocenters. The van der Waals surface area contributed by atoms with Gasteiger partial charge in [-0.2, -0.15) is 4.94 Å². The quantitative estimate of drug-likeness (QED) is 0.428. The van der Waals surface area contributed by atoms with Gasteiger partial charge in [-0.1, -0.05) is 12.8 Å². The van der Waals surface area contributed by atoms with E-state index in [-0.39, 0.29) is 18.3 Å². The number of ether oxygens (including phenoxy) is 1. The number of nitrogens with one attached hydrogen (secondary N) is 4. The minimum Gasteiger partial charge on any atom is -0.379 e. The molecule has 0 aromatic carbocycles. The number of hydrogen-bond acceptors (Lipinski definition) is 10. The molecule has 3 atom stereocenters. The molecule has 0 aromatic heterocycles. The molecule has 1 amide bonds. The molecule has 27 heavy (non-hydrogen) atoms. The Morgan fingerprint density at radius 1 is 1.19 bits per heavy atom. The number of rotatable bonds is 5. The van der Waals surface area contributed by atoms with Crippen molar-refractivity contribution >= 4 is 5.91 Å². The minimum atomic E-state index is -0.576. The molecule has 0 bridgehead atoms. The number of carbonyl (C=O) groups is 1. The molecule has 3 heterocycles. The number of morpholine rings is 1. The lowest BCUT2D eigenvalue weighted by molar-refractivity contribution is -0.523. The minimum absolute atomic E-state index is 0.112. The van der Waals surface area contributed by atoms with E-state index in [2.05, 4.69) is 26.4 Å². The normalized spacial score (nSPS) is 34.5. The van der Waals surface area contributed by atoms with E-state index in [0.717, 1.165) is 45.7 Å². The zero-order chi connectivity index (χ0) is 18.6. The topological polar surface area (TPSA) is 103 Å². The van der Waals surface area contributed by atoms with E-state index in [1.807, 2.05) is 5.06 Å². The monoisotopic (exact) mass is 385 g/mol. The van der Waals surface area contributed by atoms with Gasteiger partial charge in [0.25, 0.3) is 5.91 Å². The van der Waals surface area contributed by atoms with E-state index in [4.69, 9.17) is 14.5 Å². The van der Waals surface area contributed by atoms with Crippen LogP contribution < -0.4 is 21.5 Å². The van der Waals surface area contributed by atoms with E-state index in [9.17, 15) is 4.79 Å². The van der Waals surface area contributed by atoms with Crippen molar-refractivity contribution in [3.63, 3.8) is 0 Å². The zero-order valence-electron chi connectivity index (χ0n) is 15.9. The smallest absolute Gasteiger partial charge is 0.253 e. The van der Waals surface area contributed by atoms with Gasteiger partial charge in [0.1, 0.15) is 6.17 Å². The molecule has 154 valence electrons. The summed E-state index contributed by atoms with van der Waals surface area (Å²) in [5.74, 6) is -0.112. The van der Waals surface area contributed by atoms with Crippen LogP contribution in [0.4, 0.5) is 0 Å². The van der Waals surface area contributed by atoms with Gasteiger partial charge in [0, 0.05) is 39.3 Å². The van der Waals surface area contributed by atoms with Gasteiger partial charge in [0.2, 0.25) is 0 Å². The Bertz CT molecular complexity index is 501. The fourth-order valence-electron chi connectivity index (χ4n) is 4.05. The lowest BCUT2D eigenvalue weighted by Gasteiger charge is -2.48. The second kappa shape index (κ2) is 9.07.